The number of benzene rings is 2. The average Bonchev–Trinajstić information content (AvgIpc) is 2.42. The van der Waals surface area contributed by atoms with Crippen molar-refractivity contribution >= 4 is 17.3 Å². The Morgan fingerprint density at radius 1 is 1.14 bits per heavy atom. The van der Waals surface area contributed by atoms with E-state index in [1.807, 2.05) is 0 Å². The second-order valence-electron chi connectivity index (χ2n) is 4.52. The van der Waals surface area contributed by atoms with Gasteiger partial charge in [-0.25, -0.2) is 8.78 Å². The zero-order chi connectivity index (χ0) is 15.4. The largest absolute Gasteiger partial charge is 0.505 e. The van der Waals surface area contributed by atoms with Crippen LogP contribution in [0, 0.1) is 11.6 Å². The second kappa shape index (κ2) is 6.21. The standard InChI is InChI=1S/C15H14F2N2O2/c1-9(20)19-11-3-4-12(16)14(7-11)18-8-10-2-5-15(21)13(17)6-10/h2-7,18,21H,8H2,1H3,(H,19,20). The fraction of sp³-hybridized carbons (Fsp3) is 0.133. The Labute approximate surface area is 120 Å². The number of rotatable bonds is 4. The Kier molecular flexibility index (Phi) is 4.37. The van der Waals surface area contributed by atoms with Gasteiger partial charge in [0, 0.05) is 19.2 Å². The van der Waals surface area contributed by atoms with Crippen molar-refractivity contribution in [2.75, 3.05) is 10.6 Å². The summed E-state index contributed by atoms with van der Waals surface area (Å²) in [5, 5.41) is 14.5. The Morgan fingerprint density at radius 2 is 1.90 bits per heavy atom. The number of carbonyl (C=O) groups excluding carboxylic acids is 1. The number of amides is 1. The molecule has 0 atom stereocenters. The molecule has 0 radical (unpaired) electrons. The normalized spacial score (nSPS) is 10.2. The molecular weight excluding hydrogens is 278 g/mol. The topological polar surface area (TPSA) is 61.4 Å². The van der Waals surface area contributed by atoms with Gasteiger partial charge in [-0.2, -0.15) is 0 Å². The van der Waals surface area contributed by atoms with Crippen LogP contribution in [0.1, 0.15) is 12.5 Å². The molecule has 0 saturated heterocycles. The number of phenolic OH excluding ortho intramolecular Hbond substituents is 1. The average molecular weight is 292 g/mol. The monoisotopic (exact) mass is 292 g/mol. The third kappa shape index (κ3) is 3.92. The number of phenols is 1. The van der Waals surface area contributed by atoms with Crippen LogP contribution in [0.4, 0.5) is 20.2 Å². The zero-order valence-corrected chi connectivity index (χ0v) is 11.3. The summed E-state index contributed by atoms with van der Waals surface area (Å²) in [7, 11) is 0. The van der Waals surface area contributed by atoms with Crippen molar-refractivity contribution in [1.82, 2.24) is 0 Å². The lowest BCUT2D eigenvalue weighted by atomic mass is 10.2. The van der Waals surface area contributed by atoms with E-state index in [9.17, 15) is 13.6 Å². The molecule has 0 heterocycles. The van der Waals surface area contributed by atoms with Crippen molar-refractivity contribution in [3.05, 3.63) is 53.6 Å². The highest BCUT2D eigenvalue weighted by Gasteiger charge is 2.06. The Balaban J connectivity index is 2.11. The van der Waals surface area contributed by atoms with E-state index in [2.05, 4.69) is 10.6 Å². The van der Waals surface area contributed by atoms with Gasteiger partial charge in [0.15, 0.2) is 11.6 Å². The number of halogens is 2. The molecule has 2 rings (SSSR count). The van der Waals surface area contributed by atoms with Gasteiger partial charge in [0.25, 0.3) is 0 Å². The predicted octanol–water partition coefficient (Wildman–Crippen LogP) is 3.24. The van der Waals surface area contributed by atoms with Crippen LogP contribution in [0.15, 0.2) is 36.4 Å². The first-order valence-electron chi connectivity index (χ1n) is 6.24. The van der Waals surface area contributed by atoms with Gasteiger partial charge < -0.3 is 15.7 Å². The zero-order valence-electron chi connectivity index (χ0n) is 11.3. The molecule has 21 heavy (non-hydrogen) atoms. The van der Waals surface area contributed by atoms with Crippen LogP contribution < -0.4 is 10.6 Å². The summed E-state index contributed by atoms with van der Waals surface area (Å²) in [6.45, 7) is 1.54. The van der Waals surface area contributed by atoms with E-state index in [1.54, 1.807) is 0 Å². The number of anilines is 2. The van der Waals surface area contributed by atoms with Gasteiger partial charge in [-0.05, 0) is 35.9 Å². The Hall–Kier alpha value is -2.63. The molecule has 4 nitrogen and oxygen atoms in total. The molecule has 0 unspecified atom stereocenters. The quantitative estimate of drug-likeness (QED) is 0.810. The van der Waals surface area contributed by atoms with Crippen molar-refractivity contribution in [2.24, 2.45) is 0 Å². The van der Waals surface area contributed by atoms with Crippen molar-refractivity contribution in [1.29, 1.82) is 0 Å². The molecule has 2 aromatic rings. The summed E-state index contributed by atoms with van der Waals surface area (Å²) in [5.41, 5.74) is 1.20. The number of hydrogen-bond acceptors (Lipinski definition) is 3. The third-order valence-corrected chi connectivity index (χ3v) is 2.78. The number of aromatic hydroxyl groups is 1. The lowest BCUT2D eigenvalue weighted by molar-refractivity contribution is -0.114. The molecule has 1 amide bonds. The van der Waals surface area contributed by atoms with Crippen LogP contribution in [-0.4, -0.2) is 11.0 Å². The fourth-order valence-electron chi connectivity index (χ4n) is 1.80. The minimum atomic E-state index is -0.734. The minimum Gasteiger partial charge on any atom is -0.505 e. The fourth-order valence-corrected chi connectivity index (χ4v) is 1.80. The summed E-state index contributed by atoms with van der Waals surface area (Å²) < 4.78 is 26.9. The highest BCUT2D eigenvalue weighted by Crippen LogP contribution is 2.21. The van der Waals surface area contributed by atoms with Gasteiger partial charge >= 0.3 is 0 Å². The highest BCUT2D eigenvalue weighted by atomic mass is 19.1. The van der Waals surface area contributed by atoms with Gasteiger partial charge in [-0.15, -0.1) is 0 Å². The van der Waals surface area contributed by atoms with Gasteiger partial charge in [-0.3, -0.25) is 4.79 Å². The summed E-state index contributed by atoms with van der Waals surface area (Å²) in [5.74, 6) is -1.91. The Bertz CT molecular complexity index is 675. The Morgan fingerprint density at radius 3 is 2.57 bits per heavy atom. The van der Waals surface area contributed by atoms with E-state index < -0.39 is 17.4 Å². The maximum Gasteiger partial charge on any atom is 0.221 e. The molecular formula is C15H14F2N2O2. The van der Waals surface area contributed by atoms with Crippen LogP contribution >= 0.6 is 0 Å². The number of carbonyl (C=O) groups is 1. The van der Waals surface area contributed by atoms with Crippen LogP contribution in [-0.2, 0) is 11.3 Å². The highest BCUT2D eigenvalue weighted by molar-refractivity contribution is 5.89. The van der Waals surface area contributed by atoms with Crippen molar-refractivity contribution in [3.8, 4) is 5.75 Å². The summed E-state index contributed by atoms with van der Waals surface area (Å²) in [6, 6.07) is 8.05. The summed E-state index contributed by atoms with van der Waals surface area (Å²) in [4.78, 5) is 11.0. The van der Waals surface area contributed by atoms with Gasteiger partial charge in [0.1, 0.15) is 5.82 Å². The first-order chi connectivity index (χ1) is 9.95. The molecule has 0 bridgehead atoms. The smallest absolute Gasteiger partial charge is 0.221 e. The molecule has 0 aliphatic rings. The van der Waals surface area contributed by atoms with Crippen LogP contribution in [0.3, 0.4) is 0 Å². The third-order valence-electron chi connectivity index (χ3n) is 2.78. The molecule has 0 saturated carbocycles. The number of hydrogen-bond donors (Lipinski definition) is 3. The van der Waals surface area contributed by atoms with E-state index in [-0.39, 0.29) is 18.1 Å². The van der Waals surface area contributed by atoms with E-state index in [1.165, 1.54) is 37.3 Å². The van der Waals surface area contributed by atoms with Crippen molar-refractivity contribution in [3.63, 3.8) is 0 Å². The number of nitrogens with one attached hydrogen (secondary N) is 2. The van der Waals surface area contributed by atoms with Gasteiger partial charge in [-0.1, -0.05) is 6.07 Å². The minimum absolute atomic E-state index is 0.178. The van der Waals surface area contributed by atoms with E-state index in [0.29, 0.717) is 11.3 Å². The molecule has 0 aliphatic heterocycles. The molecule has 2 aromatic carbocycles. The molecule has 0 spiro atoms. The maximum absolute atomic E-state index is 13.7. The summed E-state index contributed by atoms with van der Waals surface area (Å²) >= 11 is 0. The molecule has 0 fully saturated rings. The maximum atomic E-state index is 13.7. The van der Waals surface area contributed by atoms with E-state index >= 15 is 0 Å². The van der Waals surface area contributed by atoms with E-state index in [0.717, 1.165) is 6.07 Å². The first kappa shape index (κ1) is 14.8. The molecule has 0 aliphatic carbocycles. The molecule has 6 heteroatoms. The predicted molar refractivity (Wildman–Crippen MR) is 76.1 cm³/mol. The first-order valence-corrected chi connectivity index (χ1v) is 6.24. The SMILES string of the molecule is CC(=O)Nc1ccc(F)c(NCc2ccc(O)c(F)c2)c1. The van der Waals surface area contributed by atoms with E-state index in [4.69, 9.17) is 5.11 Å². The molecule has 0 aromatic heterocycles. The molecule has 3 N–H and O–H groups in total. The van der Waals surface area contributed by atoms with Crippen molar-refractivity contribution < 1.29 is 18.7 Å². The molecule has 110 valence electrons. The second-order valence-corrected chi connectivity index (χ2v) is 4.52. The van der Waals surface area contributed by atoms with Crippen LogP contribution in [0.25, 0.3) is 0 Å². The van der Waals surface area contributed by atoms with Gasteiger partial charge in [0.05, 0.1) is 5.69 Å². The summed E-state index contributed by atoms with van der Waals surface area (Å²) in [6.07, 6.45) is 0. The van der Waals surface area contributed by atoms with Gasteiger partial charge in [0.2, 0.25) is 5.91 Å². The lowest BCUT2D eigenvalue weighted by Crippen LogP contribution is -2.07. The lowest BCUT2D eigenvalue weighted by Gasteiger charge is -2.10. The van der Waals surface area contributed by atoms with Crippen LogP contribution in [0.2, 0.25) is 0 Å². The van der Waals surface area contributed by atoms with Crippen LogP contribution in [0.5, 0.6) is 5.75 Å². The van der Waals surface area contributed by atoms with Crippen molar-refractivity contribution in [2.45, 2.75) is 13.5 Å².